The fourth-order valence-electron chi connectivity index (χ4n) is 4.20. The molecule has 0 bridgehead atoms. The van der Waals surface area contributed by atoms with E-state index in [9.17, 15) is 4.21 Å². The largest absolute Gasteiger partial charge is 0.468 e. The molecule has 33 heavy (non-hydrogen) atoms. The van der Waals surface area contributed by atoms with Crippen LogP contribution in [0.1, 0.15) is 12.7 Å². The Balaban J connectivity index is 1.25. The lowest BCUT2D eigenvalue weighted by atomic mass is 10.2. The van der Waals surface area contributed by atoms with Gasteiger partial charge in [-0.2, -0.15) is 0 Å². The average Bonchev–Trinajstić information content (AvgIpc) is 3.55. The second kappa shape index (κ2) is 7.94. The predicted molar refractivity (Wildman–Crippen MR) is 128 cm³/mol. The van der Waals surface area contributed by atoms with Gasteiger partial charge in [0.15, 0.2) is 11.4 Å². The molecule has 2 aliphatic rings. The van der Waals surface area contributed by atoms with Crippen molar-refractivity contribution in [3.63, 3.8) is 0 Å². The first-order chi connectivity index (χ1) is 16.1. The lowest BCUT2D eigenvalue weighted by Crippen LogP contribution is -2.34. The van der Waals surface area contributed by atoms with E-state index in [1.807, 2.05) is 41.9 Å². The van der Waals surface area contributed by atoms with Gasteiger partial charge in [-0.15, -0.1) is 11.3 Å². The number of imidazole rings is 1. The second-order valence-corrected chi connectivity index (χ2v) is 9.80. The maximum Gasteiger partial charge on any atom is 0.193 e. The van der Waals surface area contributed by atoms with Crippen molar-refractivity contribution in [3.8, 4) is 17.0 Å². The molecule has 2 N–H and O–H groups in total. The number of thiazole rings is 1. The smallest absolute Gasteiger partial charge is 0.193 e. The maximum absolute atomic E-state index is 11.7. The van der Waals surface area contributed by atoms with Crippen LogP contribution in [-0.2, 0) is 24.1 Å². The SMILES string of the molecule is CC1Oc2ccc(S(N)=O)cc2N1c1nc(-c2ccc(N3CCn4ccnc4C3)nc2)cs1. The van der Waals surface area contributed by atoms with E-state index in [-0.39, 0.29) is 6.23 Å². The first kappa shape index (κ1) is 20.3. The van der Waals surface area contributed by atoms with Crippen LogP contribution in [0.3, 0.4) is 0 Å². The Morgan fingerprint density at radius 1 is 1.21 bits per heavy atom. The Labute approximate surface area is 197 Å². The summed E-state index contributed by atoms with van der Waals surface area (Å²) in [5.41, 5.74) is 2.61. The van der Waals surface area contributed by atoms with Crippen LogP contribution < -0.4 is 19.7 Å². The molecule has 0 radical (unpaired) electrons. The summed E-state index contributed by atoms with van der Waals surface area (Å²) in [7, 11) is -1.56. The monoisotopic (exact) mass is 479 g/mol. The highest BCUT2D eigenvalue weighted by Gasteiger charge is 2.31. The van der Waals surface area contributed by atoms with E-state index in [1.165, 1.54) is 11.3 Å². The van der Waals surface area contributed by atoms with Crippen LogP contribution in [-0.4, -0.2) is 36.5 Å². The predicted octanol–water partition coefficient (Wildman–Crippen LogP) is 3.28. The number of fused-ring (bicyclic) bond motifs is 2. The molecule has 0 aliphatic carbocycles. The van der Waals surface area contributed by atoms with Crippen LogP contribution in [0.2, 0.25) is 0 Å². The summed E-state index contributed by atoms with van der Waals surface area (Å²) >= 11 is 1.53. The van der Waals surface area contributed by atoms with Gasteiger partial charge in [-0.1, -0.05) is 0 Å². The molecule has 2 atom stereocenters. The molecule has 5 heterocycles. The quantitative estimate of drug-likeness (QED) is 0.479. The van der Waals surface area contributed by atoms with Gasteiger partial charge >= 0.3 is 0 Å². The van der Waals surface area contributed by atoms with Gasteiger partial charge in [0.25, 0.3) is 0 Å². The minimum absolute atomic E-state index is 0.229. The number of benzene rings is 1. The van der Waals surface area contributed by atoms with Crippen molar-refractivity contribution in [1.29, 1.82) is 0 Å². The first-order valence-electron chi connectivity index (χ1n) is 10.5. The van der Waals surface area contributed by atoms with Crippen LogP contribution in [0.15, 0.2) is 59.2 Å². The molecular weight excluding hydrogens is 458 g/mol. The molecule has 0 fully saturated rings. The first-order valence-corrected chi connectivity index (χ1v) is 12.6. The normalized spacial score (nSPS) is 18.1. The third kappa shape index (κ3) is 3.58. The molecule has 2 aliphatic heterocycles. The summed E-state index contributed by atoms with van der Waals surface area (Å²) in [4.78, 5) is 18.7. The number of anilines is 3. The average molecular weight is 480 g/mol. The van der Waals surface area contributed by atoms with Gasteiger partial charge in [0.2, 0.25) is 0 Å². The molecule has 0 saturated carbocycles. The van der Waals surface area contributed by atoms with Crippen LogP contribution in [0.25, 0.3) is 11.3 Å². The standard InChI is InChI=1S/C22H21N7O2S2/c1-14-29(18-10-16(33(23)30)3-4-19(18)31-14)22-26-17(13-32-22)15-2-5-20(25-11-15)28-9-8-27-7-6-24-21(27)12-28/h2-7,10-11,13-14H,8-9,12,23H2,1H3. The van der Waals surface area contributed by atoms with E-state index in [4.69, 9.17) is 19.8 Å². The van der Waals surface area contributed by atoms with Crippen molar-refractivity contribution in [2.45, 2.75) is 31.1 Å². The van der Waals surface area contributed by atoms with Crippen LogP contribution >= 0.6 is 11.3 Å². The number of pyridine rings is 1. The van der Waals surface area contributed by atoms with Crippen molar-refractivity contribution in [3.05, 3.63) is 60.1 Å². The van der Waals surface area contributed by atoms with Crippen molar-refractivity contribution < 1.29 is 8.95 Å². The Hall–Kier alpha value is -3.28. The van der Waals surface area contributed by atoms with Crippen molar-refractivity contribution in [1.82, 2.24) is 19.5 Å². The molecule has 0 saturated heterocycles. The zero-order chi connectivity index (χ0) is 22.5. The number of hydrogen-bond donors (Lipinski definition) is 1. The highest BCUT2D eigenvalue weighted by molar-refractivity contribution is 7.82. The summed E-state index contributed by atoms with van der Waals surface area (Å²) in [6.07, 6.45) is 5.50. The minimum Gasteiger partial charge on any atom is -0.468 e. The summed E-state index contributed by atoms with van der Waals surface area (Å²) in [5.74, 6) is 2.71. The fraction of sp³-hybridized carbons (Fsp3) is 0.227. The van der Waals surface area contributed by atoms with Gasteiger partial charge in [-0.25, -0.2) is 24.3 Å². The maximum atomic E-state index is 11.7. The number of nitrogens with zero attached hydrogens (tertiary/aromatic N) is 6. The third-order valence-corrected chi connectivity index (χ3v) is 7.45. The Bertz CT molecular complexity index is 1350. The number of nitrogens with two attached hydrogens (primary N) is 1. The molecule has 11 heteroatoms. The summed E-state index contributed by atoms with van der Waals surface area (Å²) in [6.45, 7) is 4.52. The van der Waals surface area contributed by atoms with Crippen LogP contribution in [0.4, 0.5) is 16.6 Å². The highest BCUT2D eigenvalue weighted by Crippen LogP contribution is 2.44. The summed E-state index contributed by atoms with van der Waals surface area (Å²) < 4.78 is 19.9. The highest BCUT2D eigenvalue weighted by atomic mass is 32.2. The van der Waals surface area contributed by atoms with Gasteiger partial charge in [-0.05, 0) is 37.3 Å². The van der Waals surface area contributed by atoms with Crippen molar-refractivity contribution >= 4 is 39.0 Å². The molecule has 4 aromatic rings. The molecule has 168 valence electrons. The van der Waals surface area contributed by atoms with Crippen LogP contribution in [0.5, 0.6) is 5.75 Å². The Kier molecular flexibility index (Phi) is 4.89. The number of hydrogen-bond acceptors (Lipinski definition) is 8. The van der Waals surface area contributed by atoms with Gasteiger partial charge in [0.05, 0.1) is 22.8 Å². The van der Waals surface area contributed by atoms with Crippen molar-refractivity contribution in [2.24, 2.45) is 5.14 Å². The molecule has 9 nitrogen and oxygen atoms in total. The summed E-state index contributed by atoms with van der Waals surface area (Å²) in [6, 6.07) is 9.41. The lowest BCUT2D eigenvalue weighted by Gasteiger charge is -2.28. The molecule has 0 amide bonds. The Morgan fingerprint density at radius 3 is 2.94 bits per heavy atom. The fourth-order valence-corrected chi connectivity index (χ4v) is 5.55. The number of aromatic nitrogens is 4. The topological polar surface area (TPSA) is 102 Å². The van der Waals surface area contributed by atoms with Gasteiger partial charge in [0, 0.05) is 42.6 Å². The van der Waals surface area contributed by atoms with Gasteiger partial charge in [0.1, 0.15) is 28.4 Å². The molecule has 1 aromatic carbocycles. The molecule has 2 unspecified atom stereocenters. The zero-order valence-corrected chi connectivity index (χ0v) is 19.4. The number of ether oxygens (including phenoxy) is 1. The molecule has 0 spiro atoms. The third-order valence-electron chi connectivity index (χ3n) is 5.89. The summed E-state index contributed by atoms with van der Waals surface area (Å²) in [5, 5.41) is 8.38. The van der Waals surface area contributed by atoms with E-state index in [1.54, 1.807) is 18.2 Å². The minimum atomic E-state index is -1.56. The van der Waals surface area contributed by atoms with E-state index >= 15 is 0 Å². The zero-order valence-electron chi connectivity index (χ0n) is 17.8. The van der Waals surface area contributed by atoms with Gasteiger partial charge in [-0.3, -0.25) is 4.90 Å². The van der Waals surface area contributed by atoms with E-state index in [0.29, 0.717) is 4.90 Å². The molecule has 3 aromatic heterocycles. The molecular formula is C22H21N7O2S2. The Morgan fingerprint density at radius 2 is 2.12 bits per heavy atom. The van der Waals surface area contributed by atoms with E-state index < -0.39 is 11.0 Å². The number of rotatable bonds is 4. The van der Waals surface area contributed by atoms with E-state index in [0.717, 1.165) is 59.1 Å². The van der Waals surface area contributed by atoms with E-state index in [2.05, 4.69) is 20.5 Å². The second-order valence-electron chi connectivity index (χ2n) is 7.89. The lowest BCUT2D eigenvalue weighted by molar-refractivity contribution is 0.256. The van der Waals surface area contributed by atoms with Crippen molar-refractivity contribution in [2.75, 3.05) is 16.3 Å². The van der Waals surface area contributed by atoms with Gasteiger partial charge < -0.3 is 14.2 Å². The van der Waals surface area contributed by atoms with Crippen LogP contribution in [0, 0.1) is 0 Å². The molecule has 6 rings (SSSR count).